The van der Waals surface area contributed by atoms with E-state index >= 15 is 0 Å². The number of hydrogen-bond acceptors (Lipinski definition) is 4. The van der Waals surface area contributed by atoms with E-state index in [-0.39, 0.29) is 23.4 Å². The summed E-state index contributed by atoms with van der Waals surface area (Å²) in [4.78, 5) is 29.0. The summed E-state index contributed by atoms with van der Waals surface area (Å²) in [5.41, 5.74) is 1.90. The van der Waals surface area contributed by atoms with Crippen molar-refractivity contribution < 1.29 is 18.0 Å². The fourth-order valence-electron chi connectivity index (χ4n) is 5.03. The van der Waals surface area contributed by atoms with Gasteiger partial charge in [-0.1, -0.05) is 77.1 Å². The third-order valence-corrected chi connectivity index (χ3v) is 10.0. The molecule has 0 saturated heterocycles. The van der Waals surface area contributed by atoms with Crippen LogP contribution in [0.3, 0.4) is 0 Å². The van der Waals surface area contributed by atoms with Crippen LogP contribution in [-0.4, -0.2) is 43.8 Å². The number of nitrogens with zero attached hydrogens (tertiary/aromatic N) is 2. The summed E-state index contributed by atoms with van der Waals surface area (Å²) in [6, 6.07) is 19.6. The van der Waals surface area contributed by atoms with Crippen LogP contribution in [0.1, 0.15) is 50.2 Å². The zero-order valence-electron chi connectivity index (χ0n) is 23.2. The summed E-state index contributed by atoms with van der Waals surface area (Å²) in [7, 11) is -4.15. The number of halogens is 2. The highest BCUT2D eigenvalue weighted by atomic mass is 79.9. The number of benzene rings is 3. The van der Waals surface area contributed by atoms with Gasteiger partial charge < -0.3 is 10.2 Å². The molecular weight excluding hydrogens is 626 g/mol. The van der Waals surface area contributed by atoms with Gasteiger partial charge in [-0.05, 0) is 80.3 Å². The van der Waals surface area contributed by atoms with Crippen molar-refractivity contribution >= 4 is 55.1 Å². The van der Waals surface area contributed by atoms with Crippen molar-refractivity contribution in [3.05, 3.63) is 93.4 Å². The van der Waals surface area contributed by atoms with Gasteiger partial charge in [0.15, 0.2) is 0 Å². The number of para-hydroxylation sites is 1. The summed E-state index contributed by atoms with van der Waals surface area (Å²) in [6.45, 7) is 3.16. The van der Waals surface area contributed by atoms with Gasteiger partial charge in [-0.25, -0.2) is 8.42 Å². The van der Waals surface area contributed by atoms with Gasteiger partial charge in [-0.2, -0.15) is 0 Å². The minimum atomic E-state index is -4.15. The van der Waals surface area contributed by atoms with Crippen LogP contribution in [0.4, 0.5) is 5.69 Å². The summed E-state index contributed by atoms with van der Waals surface area (Å²) in [5.74, 6) is -0.731. The Balaban J connectivity index is 1.68. The van der Waals surface area contributed by atoms with Gasteiger partial charge in [0.25, 0.3) is 10.0 Å². The number of rotatable bonds is 10. The Morgan fingerprint density at radius 3 is 2.24 bits per heavy atom. The number of sulfonamides is 1. The number of carbonyl (C=O) groups excluding carboxylic acids is 2. The van der Waals surface area contributed by atoms with E-state index < -0.39 is 28.5 Å². The van der Waals surface area contributed by atoms with Gasteiger partial charge in [0, 0.05) is 22.1 Å². The molecule has 0 heterocycles. The molecule has 0 unspecified atom stereocenters. The average molecular weight is 661 g/mol. The molecule has 7 nitrogen and oxygen atoms in total. The van der Waals surface area contributed by atoms with E-state index in [1.165, 1.54) is 29.2 Å². The van der Waals surface area contributed by atoms with Crippen LogP contribution in [0.2, 0.25) is 5.02 Å². The van der Waals surface area contributed by atoms with Gasteiger partial charge in [0.1, 0.15) is 12.6 Å². The first-order valence-electron chi connectivity index (χ1n) is 13.7. The Hall–Kier alpha value is -2.88. The largest absolute Gasteiger partial charge is 0.352 e. The Labute approximate surface area is 256 Å². The predicted octanol–water partition coefficient (Wildman–Crippen LogP) is 6.47. The third-order valence-electron chi connectivity index (χ3n) is 7.45. The second-order valence-electron chi connectivity index (χ2n) is 10.4. The maximum atomic E-state index is 14.1. The highest BCUT2D eigenvalue weighted by Crippen LogP contribution is 2.28. The minimum Gasteiger partial charge on any atom is -0.352 e. The topological polar surface area (TPSA) is 86.8 Å². The van der Waals surface area contributed by atoms with Crippen molar-refractivity contribution in [2.45, 2.75) is 69.5 Å². The molecule has 0 aliphatic heterocycles. The van der Waals surface area contributed by atoms with Gasteiger partial charge in [-0.3, -0.25) is 13.9 Å². The van der Waals surface area contributed by atoms with E-state index in [0.717, 1.165) is 46.4 Å². The van der Waals surface area contributed by atoms with E-state index in [1.54, 1.807) is 32.0 Å². The van der Waals surface area contributed by atoms with Crippen molar-refractivity contribution in [1.29, 1.82) is 0 Å². The number of amides is 2. The second kappa shape index (κ2) is 13.9. The van der Waals surface area contributed by atoms with Gasteiger partial charge >= 0.3 is 0 Å². The summed E-state index contributed by atoms with van der Waals surface area (Å²) < 4.78 is 29.9. The van der Waals surface area contributed by atoms with Gasteiger partial charge in [-0.15, -0.1) is 0 Å². The Bertz CT molecular complexity index is 1460. The Morgan fingerprint density at radius 2 is 1.61 bits per heavy atom. The molecule has 1 aliphatic carbocycles. The monoisotopic (exact) mass is 659 g/mol. The Kier molecular flexibility index (Phi) is 10.5. The quantitative estimate of drug-likeness (QED) is 0.270. The molecule has 4 rings (SSSR count). The molecule has 1 saturated carbocycles. The van der Waals surface area contributed by atoms with Crippen molar-refractivity contribution in [1.82, 2.24) is 10.2 Å². The van der Waals surface area contributed by atoms with Crippen LogP contribution in [-0.2, 0) is 26.2 Å². The van der Waals surface area contributed by atoms with E-state index in [9.17, 15) is 18.0 Å². The van der Waals surface area contributed by atoms with E-state index in [1.807, 2.05) is 30.3 Å². The standard InChI is InChI=1S/C31H35BrClN3O4S/c1-22-8-6-7-11-29(22)36(41(39,40)28-18-16-26(33)17-19-28)21-30(37)35(20-24-12-14-25(32)15-13-24)23(2)31(38)34-27-9-4-3-5-10-27/h6-8,11-19,23,27H,3-5,9-10,20-21H2,1-2H3,(H,34,38)/t23-/m1/s1. The van der Waals surface area contributed by atoms with Crippen molar-refractivity contribution in [2.24, 2.45) is 0 Å². The molecule has 3 aromatic carbocycles. The summed E-state index contributed by atoms with van der Waals surface area (Å²) in [5, 5.41) is 3.52. The van der Waals surface area contributed by atoms with Crippen LogP contribution >= 0.6 is 27.5 Å². The van der Waals surface area contributed by atoms with Crippen LogP contribution < -0.4 is 9.62 Å². The lowest BCUT2D eigenvalue weighted by atomic mass is 9.95. The summed E-state index contributed by atoms with van der Waals surface area (Å²) >= 11 is 9.46. The molecule has 1 aliphatic rings. The Morgan fingerprint density at radius 1 is 0.976 bits per heavy atom. The first-order chi connectivity index (χ1) is 19.6. The highest BCUT2D eigenvalue weighted by molar-refractivity contribution is 9.10. The van der Waals surface area contributed by atoms with Crippen molar-refractivity contribution in [2.75, 3.05) is 10.8 Å². The van der Waals surface area contributed by atoms with Crippen LogP contribution in [0.5, 0.6) is 0 Å². The fourth-order valence-corrected chi connectivity index (χ4v) is 6.90. The molecule has 0 radical (unpaired) electrons. The van der Waals surface area contributed by atoms with E-state index in [4.69, 9.17) is 11.6 Å². The predicted molar refractivity (Wildman–Crippen MR) is 166 cm³/mol. The second-order valence-corrected chi connectivity index (χ2v) is 13.6. The number of nitrogens with one attached hydrogen (secondary N) is 1. The normalized spacial score (nSPS) is 14.7. The lowest BCUT2D eigenvalue weighted by Crippen LogP contribution is -2.53. The minimum absolute atomic E-state index is 0.0144. The molecule has 218 valence electrons. The number of anilines is 1. The molecule has 0 spiro atoms. The molecule has 1 atom stereocenters. The van der Waals surface area contributed by atoms with Crippen molar-refractivity contribution in [3.63, 3.8) is 0 Å². The molecule has 0 bridgehead atoms. The maximum absolute atomic E-state index is 14.1. The lowest BCUT2D eigenvalue weighted by Gasteiger charge is -2.33. The first-order valence-corrected chi connectivity index (χ1v) is 16.4. The fraction of sp³-hybridized carbons (Fsp3) is 0.355. The molecule has 41 heavy (non-hydrogen) atoms. The molecule has 2 amide bonds. The maximum Gasteiger partial charge on any atom is 0.264 e. The number of hydrogen-bond donors (Lipinski definition) is 1. The van der Waals surface area contributed by atoms with Gasteiger partial charge in [0.2, 0.25) is 11.8 Å². The van der Waals surface area contributed by atoms with Gasteiger partial charge in [0.05, 0.1) is 10.6 Å². The van der Waals surface area contributed by atoms with Crippen LogP contribution in [0.25, 0.3) is 0 Å². The van der Waals surface area contributed by atoms with Crippen molar-refractivity contribution in [3.8, 4) is 0 Å². The zero-order valence-corrected chi connectivity index (χ0v) is 26.4. The van der Waals surface area contributed by atoms with E-state index in [2.05, 4.69) is 21.2 Å². The lowest BCUT2D eigenvalue weighted by molar-refractivity contribution is -0.139. The SMILES string of the molecule is Cc1ccccc1N(CC(=O)N(Cc1ccc(Br)cc1)[C@H](C)C(=O)NC1CCCCC1)S(=O)(=O)c1ccc(Cl)cc1. The van der Waals surface area contributed by atoms with Crippen LogP contribution in [0, 0.1) is 6.92 Å². The average Bonchev–Trinajstić information content (AvgIpc) is 2.96. The first kappa shape index (κ1) is 31.1. The number of aryl methyl sites for hydroxylation is 1. The summed E-state index contributed by atoms with van der Waals surface area (Å²) in [6.07, 6.45) is 5.12. The highest BCUT2D eigenvalue weighted by Gasteiger charge is 2.33. The molecular formula is C31H35BrClN3O4S. The zero-order chi connectivity index (χ0) is 29.6. The molecule has 1 N–H and O–H groups in total. The molecule has 10 heteroatoms. The van der Waals surface area contributed by atoms with E-state index in [0.29, 0.717) is 16.3 Å². The number of carbonyl (C=O) groups is 2. The van der Waals surface area contributed by atoms with Crippen LogP contribution in [0.15, 0.2) is 82.2 Å². The third kappa shape index (κ3) is 7.90. The molecule has 3 aromatic rings. The molecule has 0 aromatic heterocycles. The molecule has 1 fully saturated rings. The smallest absolute Gasteiger partial charge is 0.264 e.